The molecular formula is C17H25NO. The molecule has 0 saturated carbocycles. The third-order valence-electron chi connectivity index (χ3n) is 3.18. The number of hydrogen-bond acceptors (Lipinski definition) is 1. The maximum atomic E-state index is 12.1. The average molecular weight is 259 g/mol. The number of benzene rings is 1. The monoisotopic (exact) mass is 259 g/mol. The van der Waals surface area contributed by atoms with Gasteiger partial charge in [0.2, 0.25) is 0 Å². The SMILES string of the molecule is CCC(C)(C)NC(=O)c1ccc(/C=C/C(C)C)cc1. The Kier molecular flexibility index (Phi) is 5.34. The van der Waals surface area contributed by atoms with E-state index in [4.69, 9.17) is 0 Å². The zero-order valence-electron chi connectivity index (χ0n) is 12.7. The topological polar surface area (TPSA) is 29.1 Å². The van der Waals surface area contributed by atoms with Crippen LogP contribution in [0.4, 0.5) is 0 Å². The lowest BCUT2D eigenvalue weighted by Gasteiger charge is -2.24. The normalized spacial score (nSPS) is 12.1. The summed E-state index contributed by atoms with van der Waals surface area (Å²) < 4.78 is 0. The van der Waals surface area contributed by atoms with Crippen LogP contribution in [0.1, 0.15) is 57.0 Å². The fourth-order valence-corrected chi connectivity index (χ4v) is 1.52. The van der Waals surface area contributed by atoms with E-state index < -0.39 is 0 Å². The van der Waals surface area contributed by atoms with Crippen LogP contribution in [-0.4, -0.2) is 11.4 Å². The van der Waals surface area contributed by atoms with Gasteiger partial charge in [0.05, 0.1) is 0 Å². The van der Waals surface area contributed by atoms with E-state index in [1.807, 2.05) is 38.1 Å². The summed E-state index contributed by atoms with van der Waals surface area (Å²) in [6.07, 6.45) is 5.14. The molecule has 0 aliphatic heterocycles. The maximum absolute atomic E-state index is 12.1. The van der Waals surface area contributed by atoms with Crippen molar-refractivity contribution in [2.24, 2.45) is 5.92 Å². The summed E-state index contributed by atoms with van der Waals surface area (Å²) in [5.41, 5.74) is 1.68. The molecule has 1 aromatic rings. The van der Waals surface area contributed by atoms with E-state index >= 15 is 0 Å². The number of allylic oxidation sites excluding steroid dienone is 1. The van der Waals surface area contributed by atoms with E-state index in [1.54, 1.807) is 0 Å². The van der Waals surface area contributed by atoms with Crippen molar-refractivity contribution in [1.82, 2.24) is 5.32 Å². The quantitative estimate of drug-likeness (QED) is 0.840. The van der Waals surface area contributed by atoms with Gasteiger partial charge in [0, 0.05) is 11.1 Å². The molecule has 19 heavy (non-hydrogen) atoms. The average Bonchev–Trinajstić information content (AvgIpc) is 2.36. The molecule has 2 heteroatoms. The first-order chi connectivity index (χ1) is 8.84. The summed E-state index contributed by atoms with van der Waals surface area (Å²) in [5, 5.41) is 3.03. The van der Waals surface area contributed by atoms with Crippen LogP contribution in [0, 0.1) is 5.92 Å². The minimum absolute atomic E-state index is 0.00811. The molecule has 1 rings (SSSR count). The first-order valence-corrected chi connectivity index (χ1v) is 6.95. The molecule has 0 spiro atoms. The van der Waals surface area contributed by atoms with Gasteiger partial charge in [-0.15, -0.1) is 0 Å². The van der Waals surface area contributed by atoms with Gasteiger partial charge in [0.1, 0.15) is 0 Å². The van der Waals surface area contributed by atoms with Crippen molar-refractivity contribution >= 4 is 12.0 Å². The molecule has 0 fully saturated rings. The molecule has 0 saturated heterocycles. The zero-order valence-corrected chi connectivity index (χ0v) is 12.7. The minimum Gasteiger partial charge on any atom is -0.347 e. The van der Waals surface area contributed by atoms with E-state index in [0.717, 1.165) is 12.0 Å². The second-order valence-corrected chi connectivity index (χ2v) is 5.92. The fraction of sp³-hybridized carbons (Fsp3) is 0.471. The van der Waals surface area contributed by atoms with Gasteiger partial charge >= 0.3 is 0 Å². The third-order valence-corrected chi connectivity index (χ3v) is 3.18. The molecule has 1 N–H and O–H groups in total. The Morgan fingerprint density at radius 1 is 1.26 bits per heavy atom. The maximum Gasteiger partial charge on any atom is 0.251 e. The van der Waals surface area contributed by atoms with Gasteiger partial charge in [-0.3, -0.25) is 4.79 Å². The Labute approximate surface area is 116 Å². The van der Waals surface area contributed by atoms with E-state index in [9.17, 15) is 4.79 Å². The molecule has 0 aromatic heterocycles. The van der Waals surface area contributed by atoms with E-state index in [-0.39, 0.29) is 11.4 Å². The Hall–Kier alpha value is -1.57. The molecule has 1 aromatic carbocycles. The largest absolute Gasteiger partial charge is 0.347 e. The van der Waals surface area contributed by atoms with E-state index in [1.165, 1.54) is 0 Å². The zero-order chi connectivity index (χ0) is 14.5. The Morgan fingerprint density at radius 3 is 2.32 bits per heavy atom. The lowest BCUT2D eigenvalue weighted by molar-refractivity contribution is 0.0911. The van der Waals surface area contributed by atoms with Crippen LogP contribution in [0.2, 0.25) is 0 Å². The molecule has 0 heterocycles. The molecule has 0 aliphatic carbocycles. The molecule has 0 aliphatic rings. The van der Waals surface area contributed by atoms with Crippen LogP contribution in [0.15, 0.2) is 30.3 Å². The summed E-state index contributed by atoms with van der Waals surface area (Å²) in [7, 11) is 0. The number of carbonyl (C=O) groups is 1. The highest BCUT2D eigenvalue weighted by atomic mass is 16.1. The predicted molar refractivity (Wildman–Crippen MR) is 82.2 cm³/mol. The Morgan fingerprint density at radius 2 is 1.84 bits per heavy atom. The Balaban J connectivity index is 2.74. The lowest BCUT2D eigenvalue weighted by Crippen LogP contribution is -2.42. The first kappa shape index (κ1) is 15.5. The predicted octanol–water partition coefficient (Wildman–Crippen LogP) is 4.27. The molecule has 0 radical (unpaired) electrons. The third kappa shape index (κ3) is 5.29. The molecule has 2 nitrogen and oxygen atoms in total. The molecule has 1 amide bonds. The number of nitrogens with one attached hydrogen (secondary N) is 1. The summed E-state index contributed by atoms with van der Waals surface area (Å²) in [6.45, 7) is 10.4. The van der Waals surface area contributed by atoms with Crippen LogP contribution in [0.25, 0.3) is 6.08 Å². The van der Waals surface area contributed by atoms with Gasteiger partial charge in [-0.1, -0.05) is 45.1 Å². The number of rotatable bonds is 5. The smallest absolute Gasteiger partial charge is 0.251 e. The van der Waals surface area contributed by atoms with Gasteiger partial charge in [0.25, 0.3) is 5.91 Å². The van der Waals surface area contributed by atoms with Crippen molar-refractivity contribution in [2.45, 2.75) is 46.6 Å². The summed E-state index contributed by atoms with van der Waals surface area (Å²) in [6, 6.07) is 7.71. The molecular weight excluding hydrogens is 234 g/mol. The number of carbonyl (C=O) groups excluding carboxylic acids is 1. The van der Waals surface area contributed by atoms with Crippen molar-refractivity contribution in [1.29, 1.82) is 0 Å². The number of amides is 1. The Bertz CT molecular complexity index is 441. The van der Waals surface area contributed by atoms with Gasteiger partial charge in [-0.2, -0.15) is 0 Å². The van der Waals surface area contributed by atoms with Crippen molar-refractivity contribution in [3.63, 3.8) is 0 Å². The van der Waals surface area contributed by atoms with Gasteiger partial charge in [-0.25, -0.2) is 0 Å². The highest BCUT2D eigenvalue weighted by molar-refractivity contribution is 5.94. The lowest BCUT2D eigenvalue weighted by atomic mass is 10.0. The molecule has 104 valence electrons. The number of hydrogen-bond donors (Lipinski definition) is 1. The molecule has 0 unspecified atom stereocenters. The second-order valence-electron chi connectivity index (χ2n) is 5.92. The van der Waals surface area contributed by atoms with Crippen LogP contribution in [-0.2, 0) is 0 Å². The summed E-state index contributed by atoms with van der Waals surface area (Å²) >= 11 is 0. The summed E-state index contributed by atoms with van der Waals surface area (Å²) in [4.78, 5) is 12.1. The van der Waals surface area contributed by atoms with Crippen LogP contribution in [0.3, 0.4) is 0 Å². The highest BCUT2D eigenvalue weighted by Crippen LogP contribution is 2.11. The molecule has 0 atom stereocenters. The summed E-state index contributed by atoms with van der Waals surface area (Å²) in [5.74, 6) is 0.527. The van der Waals surface area contributed by atoms with Crippen LogP contribution in [0.5, 0.6) is 0 Å². The van der Waals surface area contributed by atoms with Crippen molar-refractivity contribution in [3.05, 3.63) is 41.5 Å². The standard InChI is InChI=1S/C17H25NO/c1-6-17(4,5)18-16(19)15-11-9-14(10-12-15)8-7-13(2)3/h7-13H,6H2,1-5H3,(H,18,19)/b8-7+. The van der Waals surface area contributed by atoms with Crippen molar-refractivity contribution in [3.8, 4) is 0 Å². The van der Waals surface area contributed by atoms with E-state index in [2.05, 4.69) is 38.2 Å². The van der Waals surface area contributed by atoms with Crippen LogP contribution < -0.4 is 5.32 Å². The minimum atomic E-state index is -0.159. The van der Waals surface area contributed by atoms with E-state index in [0.29, 0.717) is 11.5 Å². The second kappa shape index (κ2) is 6.55. The fourth-order valence-electron chi connectivity index (χ4n) is 1.52. The molecule has 0 bridgehead atoms. The van der Waals surface area contributed by atoms with Gasteiger partial charge in [-0.05, 0) is 43.9 Å². The highest BCUT2D eigenvalue weighted by Gasteiger charge is 2.18. The van der Waals surface area contributed by atoms with Crippen molar-refractivity contribution in [2.75, 3.05) is 0 Å². The van der Waals surface area contributed by atoms with Gasteiger partial charge < -0.3 is 5.32 Å². The van der Waals surface area contributed by atoms with Gasteiger partial charge in [0.15, 0.2) is 0 Å². The van der Waals surface area contributed by atoms with Crippen LogP contribution >= 0.6 is 0 Å². The van der Waals surface area contributed by atoms with Crippen molar-refractivity contribution < 1.29 is 4.79 Å². The first-order valence-electron chi connectivity index (χ1n) is 6.95.